The van der Waals surface area contributed by atoms with Crippen molar-refractivity contribution in [3.05, 3.63) is 0 Å². The minimum atomic E-state index is -4.32. The summed E-state index contributed by atoms with van der Waals surface area (Å²) in [5.74, 6) is 0.219. The van der Waals surface area contributed by atoms with E-state index in [-0.39, 0.29) is 19.1 Å². The van der Waals surface area contributed by atoms with Crippen molar-refractivity contribution in [1.29, 1.82) is 0 Å². The first kappa shape index (κ1) is 14.1. The number of likely N-dealkylation sites (tertiary alicyclic amines) is 1. The quantitative estimate of drug-likeness (QED) is 0.676. The molecule has 0 saturated carbocycles. The number of hydrogen-bond acceptors (Lipinski definition) is 3. The largest absolute Gasteiger partial charge is 0.469 e. The fourth-order valence-corrected chi connectivity index (χ4v) is 2.27. The van der Waals surface area contributed by atoms with Crippen LogP contribution < -0.4 is 0 Å². The lowest BCUT2D eigenvalue weighted by molar-refractivity contribution is 0.107. The highest BCUT2D eigenvalue weighted by Gasteiger charge is 2.22. The number of nitrogens with zero attached hydrogens (tertiary/aromatic N) is 1. The number of piperidine rings is 1. The van der Waals surface area contributed by atoms with Gasteiger partial charge in [-0.2, -0.15) is 0 Å². The van der Waals surface area contributed by atoms with E-state index in [1.165, 1.54) is 0 Å². The summed E-state index contributed by atoms with van der Waals surface area (Å²) in [6, 6.07) is 0. The van der Waals surface area contributed by atoms with Crippen LogP contribution in [0.2, 0.25) is 0 Å². The van der Waals surface area contributed by atoms with Gasteiger partial charge in [0.25, 0.3) is 0 Å². The number of hydrogen-bond donors (Lipinski definition) is 2. The predicted molar refractivity (Wildman–Crippen MR) is 57.3 cm³/mol. The van der Waals surface area contributed by atoms with Crippen LogP contribution in [0.1, 0.15) is 19.3 Å². The molecular formula is C9H19NO5P. The van der Waals surface area contributed by atoms with E-state index in [2.05, 4.69) is 9.42 Å². The molecule has 1 fully saturated rings. The van der Waals surface area contributed by atoms with Crippen LogP contribution in [0.4, 0.5) is 0 Å². The Bertz CT molecular complexity index is 236. The molecular weight excluding hydrogens is 233 g/mol. The lowest BCUT2D eigenvalue weighted by Gasteiger charge is -2.31. The van der Waals surface area contributed by atoms with Gasteiger partial charge in [0, 0.05) is 6.54 Å². The maximum Gasteiger partial charge on any atom is 0.469 e. The Balaban J connectivity index is 2.14. The molecule has 1 saturated heterocycles. The fraction of sp³-hybridized carbons (Fsp3) is 1.00. The summed E-state index contributed by atoms with van der Waals surface area (Å²) in [6.45, 7) is 2.68. The SMILES string of the molecule is [O]CCCN1CCC(COP(=O)(O)O)CC1. The van der Waals surface area contributed by atoms with Crippen LogP contribution in [-0.4, -0.2) is 47.5 Å². The molecule has 7 heteroatoms. The van der Waals surface area contributed by atoms with Crippen molar-refractivity contribution in [3.8, 4) is 0 Å². The first-order valence-corrected chi connectivity index (χ1v) is 7.05. The summed E-state index contributed by atoms with van der Waals surface area (Å²) in [4.78, 5) is 19.3. The lowest BCUT2D eigenvalue weighted by Crippen LogP contribution is -2.35. The van der Waals surface area contributed by atoms with Gasteiger partial charge >= 0.3 is 7.82 Å². The highest BCUT2D eigenvalue weighted by molar-refractivity contribution is 7.46. The van der Waals surface area contributed by atoms with Gasteiger partial charge in [-0.3, -0.25) is 4.52 Å². The van der Waals surface area contributed by atoms with E-state index in [1.54, 1.807) is 0 Å². The fourth-order valence-electron chi connectivity index (χ4n) is 1.87. The molecule has 0 amide bonds. The standard InChI is InChI=1S/C9H19NO5P/c11-7-1-4-10-5-2-9(3-6-10)8-15-16(12,13)14/h9H,1-8H2,(H2,12,13,14). The van der Waals surface area contributed by atoms with E-state index in [0.717, 1.165) is 32.5 Å². The monoisotopic (exact) mass is 252 g/mol. The van der Waals surface area contributed by atoms with Crippen molar-refractivity contribution >= 4 is 7.82 Å². The van der Waals surface area contributed by atoms with Crippen LogP contribution in [0.3, 0.4) is 0 Å². The number of phosphoric ester groups is 1. The molecule has 0 aliphatic carbocycles. The smallest absolute Gasteiger partial charge is 0.303 e. The molecule has 1 aliphatic heterocycles. The van der Waals surface area contributed by atoms with Gasteiger partial charge in [0.2, 0.25) is 0 Å². The van der Waals surface area contributed by atoms with Crippen LogP contribution >= 0.6 is 7.82 Å². The van der Waals surface area contributed by atoms with Gasteiger partial charge in [-0.25, -0.2) is 9.67 Å². The molecule has 6 nitrogen and oxygen atoms in total. The maximum absolute atomic E-state index is 10.5. The molecule has 0 unspecified atom stereocenters. The van der Waals surface area contributed by atoms with Gasteiger partial charge in [0.15, 0.2) is 0 Å². The van der Waals surface area contributed by atoms with Crippen molar-refractivity contribution in [2.75, 3.05) is 32.8 Å². The second-order valence-corrected chi connectivity index (χ2v) is 5.37. The molecule has 1 aliphatic rings. The molecule has 0 aromatic carbocycles. The molecule has 1 heterocycles. The molecule has 16 heavy (non-hydrogen) atoms. The molecule has 95 valence electrons. The topological polar surface area (TPSA) is 89.9 Å². The minimum absolute atomic E-state index is 0.0404. The maximum atomic E-state index is 10.5. The Kier molecular flexibility index (Phi) is 5.89. The average Bonchev–Trinajstić information content (AvgIpc) is 2.24. The summed E-state index contributed by atoms with van der Waals surface area (Å²) in [5.41, 5.74) is 0. The molecule has 2 N–H and O–H groups in total. The summed E-state index contributed by atoms with van der Waals surface area (Å²) >= 11 is 0. The zero-order chi connectivity index (χ0) is 12.0. The van der Waals surface area contributed by atoms with Crippen molar-refractivity contribution in [2.24, 2.45) is 5.92 Å². The number of phosphoric acid groups is 1. The summed E-state index contributed by atoms with van der Waals surface area (Å²) in [7, 11) is -4.32. The molecule has 0 aromatic heterocycles. The Hall–Kier alpha value is 0.0300. The normalized spacial score (nSPS) is 20.2. The molecule has 0 aromatic rings. The lowest BCUT2D eigenvalue weighted by atomic mass is 9.98. The third-order valence-corrected chi connectivity index (χ3v) is 3.29. The van der Waals surface area contributed by atoms with Crippen LogP contribution in [0.15, 0.2) is 0 Å². The van der Waals surface area contributed by atoms with E-state index in [9.17, 15) is 9.67 Å². The molecule has 0 atom stereocenters. The van der Waals surface area contributed by atoms with E-state index in [1.807, 2.05) is 0 Å². The van der Waals surface area contributed by atoms with Gasteiger partial charge < -0.3 is 14.7 Å². The van der Waals surface area contributed by atoms with E-state index < -0.39 is 7.82 Å². The predicted octanol–water partition coefficient (Wildman–Crippen LogP) is 0.628. The zero-order valence-electron chi connectivity index (χ0n) is 9.25. The van der Waals surface area contributed by atoms with Crippen molar-refractivity contribution < 1.29 is 24.0 Å². The third kappa shape index (κ3) is 5.94. The van der Waals surface area contributed by atoms with Crippen LogP contribution in [-0.2, 0) is 14.2 Å². The highest BCUT2D eigenvalue weighted by Crippen LogP contribution is 2.37. The van der Waals surface area contributed by atoms with Gasteiger partial charge in [0.05, 0.1) is 13.2 Å². The Morgan fingerprint density at radius 3 is 2.44 bits per heavy atom. The third-order valence-electron chi connectivity index (χ3n) is 2.80. The van der Waals surface area contributed by atoms with Gasteiger partial charge in [0.1, 0.15) is 0 Å². The second kappa shape index (κ2) is 6.69. The van der Waals surface area contributed by atoms with Gasteiger partial charge in [-0.05, 0) is 38.3 Å². The highest BCUT2D eigenvalue weighted by atomic mass is 31.2. The first-order valence-electron chi connectivity index (χ1n) is 5.52. The van der Waals surface area contributed by atoms with Crippen LogP contribution in [0.5, 0.6) is 0 Å². The van der Waals surface area contributed by atoms with Crippen molar-refractivity contribution in [2.45, 2.75) is 19.3 Å². The van der Waals surface area contributed by atoms with Crippen LogP contribution in [0.25, 0.3) is 0 Å². The van der Waals surface area contributed by atoms with Crippen molar-refractivity contribution in [1.82, 2.24) is 4.90 Å². The molecule has 0 bridgehead atoms. The van der Waals surface area contributed by atoms with E-state index in [4.69, 9.17) is 9.79 Å². The average molecular weight is 252 g/mol. The minimum Gasteiger partial charge on any atom is -0.303 e. The summed E-state index contributed by atoms with van der Waals surface area (Å²) in [6.07, 6.45) is 2.42. The van der Waals surface area contributed by atoms with Crippen LogP contribution in [0, 0.1) is 5.92 Å². The molecule has 0 spiro atoms. The van der Waals surface area contributed by atoms with Gasteiger partial charge in [-0.1, -0.05) is 0 Å². The Morgan fingerprint density at radius 1 is 1.31 bits per heavy atom. The Morgan fingerprint density at radius 2 is 1.94 bits per heavy atom. The summed E-state index contributed by atoms with van der Waals surface area (Å²) < 4.78 is 15.0. The zero-order valence-corrected chi connectivity index (χ0v) is 10.1. The molecule has 1 radical (unpaired) electrons. The van der Waals surface area contributed by atoms with Gasteiger partial charge in [-0.15, -0.1) is 0 Å². The molecule has 1 rings (SSSR count). The first-order chi connectivity index (χ1) is 7.51. The Labute approximate surface area is 95.5 Å². The van der Waals surface area contributed by atoms with E-state index >= 15 is 0 Å². The second-order valence-electron chi connectivity index (χ2n) is 4.13. The van der Waals surface area contributed by atoms with Crippen molar-refractivity contribution in [3.63, 3.8) is 0 Å². The van der Waals surface area contributed by atoms with E-state index in [0.29, 0.717) is 6.42 Å². The summed E-state index contributed by atoms with van der Waals surface area (Å²) in [5, 5.41) is 10.3. The number of rotatable bonds is 6.